The van der Waals surface area contributed by atoms with E-state index in [0.717, 1.165) is 26.1 Å². The van der Waals surface area contributed by atoms with Crippen LogP contribution in [0.3, 0.4) is 0 Å². The van der Waals surface area contributed by atoms with Gasteiger partial charge in [0.1, 0.15) is 0 Å². The van der Waals surface area contributed by atoms with Crippen LogP contribution in [0.2, 0.25) is 0 Å². The zero-order valence-electron chi connectivity index (χ0n) is 12.0. The second kappa shape index (κ2) is 8.06. The first-order valence-corrected chi connectivity index (χ1v) is 6.58. The maximum absolute atomic E-state index is 4.99. The van der Waals surface area contributed by atoms with Crippen LogP contribution in [0.5, 0.6) is 0 Å². The molecule has 0 bridgehead atoms. The number of hydrogen-bond donors (Lipinski definition) is 1. The Bertz CT molecular complexity index is 376. The largest absolute Gasteiger partial charge is 0.383 e. The fraction of sp³-hybridized carbons (Fsp3) is 0.500. The molecule has 0 unspecified atom stereocenters. The molecule has 0 aliphatic carbocycles. The van der Waals surface area contributed by atoms with Crippen molar-refractivity contribution in [2.75, 3.05) is 26.8 Å². The molecule has 0 atom stereocenters. The molecular formula is C16H25NO. The van der Waals surface area contributed by atoms with Gasteiger partial charge in [0.2, 0.25) is 0 Å². The summed E-state index contributed by atoms with van der Waals surface area (Å²) in [6, 6.07) is 6.71. The highest BCUT2D eigenvalue weighted by atomic mass is 16.5. The van der Waals surface area contributed by atoms with Crippen molar-refractivity contribution < 1.29 is 4.74 Å². The standard InChI is InChI=1S/C16H25NO/c1-13-10-14(2)12-16(11-13)15(3)6-5-7-17-8-9-18-4/h6,10-12,17H,5,7-9H2,1-4H3. The van der Waals surface area contributed by atoms with E-state index in [1.807, 2.05) is 0 Å². The molecule has 1 aromatic rings. The van der Waals surface area contributed by atoms with Crippen molar-refractivity contribution in [3.05, 3.63) is 41.0 Å². The number of ether oxygens (including phenoxy) is 1. The van der Waals surface area contributed by atoms with Crippen molar-refractivity contribution in [1.82, 2.24) is 5.32 Å². The monoisotopic (exact) mass is 247 g/mol. The van der Waals surface area contributed by atoms with Gasteiger partial charge in [-0.15, -0.1) is 0 Å². The van der Waals surface area contributed by atoms with Crippen molar-refractivity contribution >= 4 is 5.57 Å². The Labute approximate surface area is 111 Å². The Morgan fingerprint density at radius 1 is 1.17 bits per heavy atom. The van der Waals surface area contributed by atoms with Crippen LogP contribution in [0, 0.1) is 13.8 Å². The minimum absolute atomic E-state index is 0.778. The van der Waals surface area contributed by atoms with Crippen LogP contribution < -0.4 is 5.32 Å². The number of allylic oxidation sites excluding steroid dienone is 1. The van der Waals surface area contributed by atoms with Crippen molar-refractivity contribution in [2.45, 2.75) is 27.2 Å². The lowest BCUT2D eigenvalue weighted by Gasteiger charge is -2.06. The van der Waals surface area contributed by atoms with Crippen LogP contribution in [-0.2, 0) is 4.74 Å². The van der Waals surface area contributed by atoms with E-state index in [-0.39, 0.29) is 0 Å². The minimum atomic E-state index is 0.778. The molecular weight excluding hydrogens is 222 g/mol. The van der Waals surface area contributed by atoms with Gasteiger partial charge in [-0.05, 0) is 44.9 Å². The fourth-order valence-corrected chi connectivity index (χ4v) is 2.01. The second-order valence-electron chi connectivity index (χ2n) is 4.79. The Morgan fingerprint density at radius 3 is 2.44 bits per heavy atom. The molecule has 1 N–H and O–H groups in total. The lowest BCUT2D eigenvalue weighted by Crippen LogP contribution is -2.19. The molecule has 1 rings (SSSR count). The number of hydrogen-bond acceptors (Lipinski definition) is 2. The van der Waals surface area contributed by atoms with Crippen LogP contribution in [0.4, 0.5) is 0 Å². The Hall–Kier alpha value is -1.12. The third-order valence-electron chi connectivity index (χ3n) is 2.93. The van der Waals surface area contributed by atoms with E-state index in [2.05, 4.69) is 50.4 Å². The topological polar surface area (TPSA) is 21.3 Å². The lowest BCUT2D eigenvalue weighted by atomic mass is 10.0. The molecule has 0 aliphatic rings. The summed E-state index contributed by atoms with van der Waals surface area (Å²) in [5, 5.41) is 3.35. The van der Waals surface area contributed by atoms with Crippen LogP contribution in [0.15, 0.2) is 24.3 Å². The average molecular weight is 247 g/mol. The summed E-state index contributed by atoms with van der Waals surface area (Å²) in [7, 11) is 1.73. The summed E-state index contributed by atoms with van der Waals surface area (Å²) in [4.78, 5) is 0. The molecule has 0 aromatic heterocycles. The SMILES string of the molecule is COCCNCCC=C(C)c1cc(C)cc(C)c1. The average Bonchev–Trinajstić information content (AvgIpc) is 2.32. The number of methoxy groups -OCH3 is 1. The minimum Gasteiger partial charge on any atom is -0.383 e. The van der Waals surface area contributed by atoms with Crippen LogP contribution in [0.1, 0.15) is 30.0 Å². The highest BCUT2D eigenvalue weighted by molar-refractivity contribution is 5.64. The summed E-state index contributed by atoms with van der Waals surface area (Å²) in [5.74, 6) is 0. The van der Waals surface area contributed by atoms with Gasteiger partial charge in [0, 0.05) is 13.7 Å². The van der Waals surface area contributed by atoms with E-state index in [9.17, 15) is 0 Å². The molecule has 1 aromatic carbocycles. The van der Waals surface area contributed by atoms with E-state index >= 15 is 0 Å². The highest BCUT2D eigenvalue weighted by Crippen LogP contribution is 2.17. The normalized spacial score (nSPS) is 11.9. The van der Waals surface area contributed by atoms with Gasteiger partial charge in [0.05, 0.1) is 6.61 Å². The first-order valence-electron chi connectivity index (χ1n) is 6.58. The van der Waals surface area contributed by atoms with Crippen LogP contribution in [0.25, 0.3) is 5.57 Å². The van der Waals surface area contributed by atoms with Gasteiger partial charge < -0.3 is 10.1 Å². The Balaban J connectivity index is 2.45. The number of rotatable bonds is 7. The first-order chi connectivity index (χ1) is 8.63. The quantitative estimate of drug-likeness (QED) is 0.746. The van der Waals surface area contributed by atoms with Gasteiger partial charge in [-0.3, -0.25) is 0 Å². The number of aryl methyl sites for hydroxylation is 2. The molecule has 2 heteroatoms. The van der Waals surface area contributed by atoms with Crippen molar-refractivity contribution in [3.63, 3.8) is 0 Å². The maximum atomic E-state index is 4.99. The van der Waals surface area contributed by atoms with E-state index < -0.39 is 0 Å². The predicted octanol–water partition coefficient (Wildman–Crippen LogP) is 3.33. The second-order valence-corrected chi connectivity index (χ2v) is 4.79. The molecule has 0 radical (unpaired) electrons. The molecule has 0 spiro atoms. The fourth-order valence-electron chi connectivity index (χ4n) is 2.01. The summed E-state index contributed by atoms with van der Waals surface area (Å²) < 4.78 is 4.99. The summed E-state index contributed by atoms with van der Waals surface area (Å²) in [6.45, 7) is 9.19. The molecule has 100 valence electrons. The lowest BCUT2D eigenvalue weighted by molar-refractivity contribution is 0.199. The molecule has 0 fully saturated rings. The van der Waals surface area contributed by atoms with Gasteiger partial charge in [-0.25, -0.2) is 0 Å². The van der Waals surface area contributed by atoms with E-state index in [1.165, 1.54) is 22.3 Å². The summed E-state index contributed by atoms with van der Waals surface area (Å²) in [5.41, 5.74) is 5.35. The van der Waals surface area contributed by atoms with Gasteiger partial charge in [-0.2, -0.15) is 0 Å². The summed E-state index contributed by atoms with van der Waals surface area (Å²) >= 11 is 0. The van der Waals surface area contributed by atoms with Crippen molar-refractivity contribution in [3.8, 4) is 0 Å². The van der Waals surface area contributed by atoms with Crippen molar-refractivity contribution in [1.29, 1.82) is 0 Å². The van der Waals surface area contributed by atoms with Gasteiger partial charge >= 0.3 is 0 Å². The number of benzene rings is 1. The first kappa shape index (κ1) is 14.9. The molecule has 0 saturated heterocycles. The van der Waals surface area contributed by atoms with Crippen LogP contribution in [-0.4, -0.2) is 26.8 Å². The number of nitrogens with one attached hydrogen (secondary N) is 1. The highest BCUT2D eigenvalue weighted by Gasteiger charge is 1.97. The molecule has 0 heterocycles. The zero-order chi connectivity index (χ0) is 13.4. The van der Waals surface area contributed by atoms with E-state index in [4.69, 9.17) is 4.74 Å². The van der Waals surface area contributed by atoms with Crippen LogP contribution >= 0.6 is 0 Å². The molecule has 0 saturated carbocycles. The zero-order valence-corrected chi connectivity index (χ0v) is 12.0. The molecule has 2 nitrogen and oxygen atoms in total. The van der Waals surface area contributed by atoms with Crippen molar-refractivity contribution in [2.24, 2.45) is 0 Å². The maximum Gasteiger partial charge on any atom is 0.0587 e. The molecule has 0 amide bonds. The van der Waals surface area contributed by atoms with Gasteiger partial charge in [-0.1, -0.05) is 35.4 Å². The third kappa shape index (κ3) is 5.48. The van der Waals surface area contributed by atoms with Gasteiger partial charge in [0.25, 0.3) is 0 Å². The smallest absolute Gasteiger partial charge is 0.0587 e. The molecule has 18 heavy (non-hydrogen) atoms. The van der Waals surface area contributed by atoms with E-state index in [0.29, 0.717) is 0 Å². The Morgan fingerprint density at radius 2 is 1.83 bits per heavy atom. The predicted molar refractivity (Wildman–Crippen MR) is 78.9 cm³/mol. The molecule has 0 aliphatic heterocycles. The summed E-state index contributed by atoms with van der Waals surface area (Å²) in [6.07, 6.45) is 3.36. The van der Waals surface area contributed by atoms with Gasteiger partial charge in [0.15, 0.2) is 0 Å². The Kier molecular flexibility index (Phi) is 6.69. The van der Waals surface area contributed by atoms with E-state index in [1.54, 1.807) is 7.11 Å². The third-order valence-corrected chi connectivity index (χ3v) is 2.93.